The van der Waals surface area contributed by atoms with Crippen LogP contribution in [-0.4, -0.2) is 29.5 Å². The second-order valence-corrected chi connectivity index (χ2v) is 4.45. The van der Waals surface area contributed by atoms with Crippen LogP contribution in [-0.2, 0) is 4.79 Å². The third-order valence-corrected chi connectivity index (χ3v) is 3.05. The van der Waals surface area contributed by atoms with Crippen molar-refractivity contribution in [3.63, 3.8) is 0 Å². The van der Waals surface area contributed by atoms with Gasteiger partial charge in [-0.05, 0) is 32.1 Å². The fourth-order valence-corrected chi connectivity index (χ4v) is 1.84. The van der Waals surface area contributed by atoms with Gasteiger partial charge in [-0.25, -0.2) is 10.2 Å². The highest BCUT2D eigenvalue weighted by atomic mass is 16.2. The van der Waals surface area contributed by atoms with Crippen LogP contribution in [0.15, 0.2) is 0 Å². The van der Waals surface area contributed by atoms with E-state index in [-0.39, 0.29) is 24.0 Å². The Morgan fingerprint density at radius 2 is 1.88 bits per heavy atom. The van der Waals surface area contributed by atoms with Gasteiger partial charge in [-0.15, -0.1) is 0 Å². The molecule has 2 fully saturated rings. The molecule has 16 heavy (non-hydrogen) atoms. The van der Waals surface area contributed by atoms with Crippen molar-refractivity contribution in [3.05, 3.63) is 0 Å². The average Bonchev–Trinajstić information content (AvgIpc) is 3.10. The van der Waals surface area contributed by atoms with Gasteiger partial charge in [-0.2, -0.15) is 0 Å². The molecule has 1 unspecified atom stereocenters. The molecule has 3 amide bonds. The molecule has 2 aliphatic rings. The average molecular weight is 226 g/mol. The van der Waals surface area contributed by atoms with Crippen LogP contribution in [0.2, 0.25) is 0 Å². The van der Waals surface area contributed by atoms with Gasteiger partial charge in [0.1, 0.15) is 0 Å². The van der Waals surface area contributed by atoms with E-state index in [4.69, 9.17) is 5.73 Å². The van der Waals surface area contributed by atoms with Crippen LogP contribution in [0, 0.1) is 5.92 Å². The smallest absolute Gasteiger partial charge is 0.311 e. The zero-order valence-corrected chi connectivity index (χ0v) is 9.24. The van der Waals surface area contributed by atoms with Crippen molar-refractivity contribution in [1.82, 2.24) is 15.8 Å². The first kappa shape index (κ1) is 11.2. The molecule has 0 aromatic heterocycles. The largest absolute Gasteiger partial charge is 0.337 e. The summed E-state index contributed by atoms with van der Waals surface area (Å²) in [4.78, 5) is 24.5. The monoisotopic (exact) mass is 226 g/mol. The number of amides is 3. The first-order chi connectivity index (χ1) is 7.68. The molecule has 1 saturated heterocycles. The zero-order chi connectivity index (χ0) is 11.5. The van der Waals surface area contributed by atoms with E-state index in [9.17, 15) is 9.59 Å². The number of hydrogen-bond donors (Lipinski definition) is 3. The van der Waals surface area contributed by atoms with Crippen LogP contribution >= 0.6 is 0 Å². The third kappa shape index (κ3) is 2.63. The summed E-state index contributed by atoms with van der Waals surface area (Å²) < 4.78 is 0. The second-order valence-electron chi connectivity index (χ2n) is 4.45. The number of nitrogens with zero attached hydrogens (tertiary/aromatic N) is 1. The fraction of sp³-hybridized carbons (Fsp3) is 0.800. The predicted octanol–water partition coefficient (Wildman–Crippen LogP) is -0.0921. The fourth-order valence-electron chi connectivity index (χ4n) is 1.84. The number of carbonyl (C=O) groups excluding carboxylic acids is 2. The second kappa shape index (κ2) is 4.69. The molecule has 0 aromatic rings. The van der Waals surface area contributed by atoms with Gasteiger partial charge in [0.25, 0.3) is 0 Å². The van der Waals surface area contributed by atoms with E-state index >= 15 is 0 Å². The molecule has 4 N–H and O–H groups in total. The van der Waals surface area contributed by atoms with Gasteiger partial charge in [-0.1, -0.05) is 0 Å². The van der Waals surface area contributed by atoms with Gasteiger partial charge >= 0.3 is 6.03 Å². The molecule has 0 radical (unpaired) electrons. The van der Waals surface area contributed by atoms with Gasteiger partial charge in [0.05, 0.1) is 6.17 Å². The maximum Gasteiger partial charge on any atom is 0.337 e. The molecule has 1 saturated carbocycles. The number of piperidine rings is 1. The van der Waals surface area contributed by atoms with E-state index in [1.165, 1.54) is 0 Å². The molecule has 6 nitrogen and oxygen atoms in total. The van der Waals surface area contributed by atoms with Gasteiger partial charge < -0.3 is 10.6 Å². The van der Waals surface area contributed by atoms with E-state index in [0.717, 1.165) is 32.1 Å². The van der Waals surface area contributed by atoms with Crippen molar-refractivity contribution in [2.45, 2.75) is 38.3 Å². The molecule has 2 rings (SSSR count). The molecule has 0 bridgehead atoms. The van der Waals surface area contributed by atoms with Gasteiger partial charge in [0.2, 0.25) is 5.91 Å². The topological polar surface area (TPSA) is 87.5 Å². The summed E-state index contributed by atoms with van der Waals surface area (Å²) in [5.74, 6) is -0.00531. The first-order valence-corrected chi connectivity index (χ1v) is 5.80. The summed E-state index contributed by atoms with van der Waals surface area (Å²) in [6.45, 7) is 0.659. The molecule has 1 heterocycles. The van der Waals surface area contributed by atoms with Crippen molar-refractivity contribution in [2.75, 3.05) is 6.54 Å². The van der Waals surface area contributed by atoms with Crippen LogP contribution in [0.5, 0.6) is 0 Å². The highest BCUT2D eigenvalue weighted by molar-refractivity contribution is 5.84. The van der Waals surface area contributed by atoms with Crippen LogP contribution in [0.3, 0.4) is 0 Å². The Balaban J connectivity index is 1.75. The van der Waals surface area contributed by atoms with Crippen molar-refractivity contribution in [1.29, 1.82) is 0 Å². The quantitative estimate of drug-likeness (QED) is 0.546. The summed E-state index contributed by atoms with van der Waals surface area (Å²) in [6.07, 6.45) is 4.46. The van der Waals surface area contributed by atoms with Crippen molar-refractivity contribution < 1.29 is 9.59 Å². The maximum atomic E-state index is 11.7. The Hall–Kier alpha value is -1.30. The molecule has 1 aliphatic heterocycles. The normalized spacial score (nSPS) is 25.1. The van der Waals surface area contributed by atoms with Gasteiger partial charge in [0, 0.05) is 12.5 Å². The number of hydrazine groups is 1. The number of urea groups is 1. The summed E-state index contributed by atoms with van der Waals surface area (Å²) >= 11 is 0. The summed E-state index contributed by atoms with van der Waals surface area (Å²) in [5.41, 5.74) is 10.6. The number of nitrogens with two attached hydrogens (primary N) is 1. The van der Waals surface area contributed by atoms with E-state index in [2.05, 4.69) is 10.9 Å². The summed E-state index contributed by atoms with van der Waals surface area (Å²) in [5, 5.41) is 0. The highest BCUT2D eigenvalue weighted by Gasteiger charge is 2.30. The Bertz CT molecular complexity index is 291. The van der Waals surface area contributed by atoms with Crippen LogP contribution in [0.1, 0.15) is 32.1 Å². The number of carbonyl (C=O) groups is 2. The van der Waals surface area contributed by atoms with Crippen LogP contribution < -0.4 is 16.6 Å². The standard InChI is InChI=1S/C10H18N4O2/c11-8-3-1-2-6-14(8)10(16)13-12-9(15)7-4-5-7/h7-8H,1-6,11H2,(H,12,15)(H,13,16). The SMILES string of the molecule is NC1CCCCN1C(=O)NNC(=O)C1CC1. The minimum Gasteiger partial charge on any atom is -0.311 e. The lowest BCUT2D eigenvalue weighted by atomic mass is 10.1. The van der Waals surface area contributed by atoms with E-state index in [0.29, 0.717) is 6.54 Å². The number of rotatable bonds is 1. The van der Waals surface area contributed by atoms with Crippen LogP contribution in [0.25, 0.3) is 0 Å². The van der Waals surface area contributed by atoms with E-state index in [1.807, 2.05) is 0 Å². The molecule has 6 heteroatoms. The highest BCUT2D eigenvalue weighted by Crippen LogP contribution is 2.28. The Morgan fingerprint density at radius 1 is 1.12 bits per heavy atom. The number of hydrogen-bond acceptors (Lipinski definition) is 3. The lowest BCUT2D eigenvalue weighted by molar-refractivity contribution is -0.123. The zero-order valence-electron chi connectivity index (χ0n) is 9.24. The van der Waals surface area contributed by atoms with Gasteiger partial charge in [0.15, 0.2) is 0 Å². The maximum absolute atomic E-state index is 11.7. The molecular formula is C10H18N4O2. The molecule has 0 aromatic carbocycles. The molecule has 90 valence electrons. The summed E-state index contributed by atoms with van der Waals surface area (Å²) in [7, 11) is 0. The van der Waals surface area contributed by atoms with Crippen molar-refractivity contribution in [3.8, 4) is 0 Å². The first-order valence-electron chi connectivity index (χ1n) is 5.80. The Morgan fingerprint density at radius 3 is 2.50 bits per heavy atom. The van der Waals surface area contributed by atoms with Crippen LogP contribution in [0.4, 0.5) is 4.79 Å². The Kier molecular flexibility index (Phi) is 3.28. The van der Waals surface area contributed by atoms with Crippen molar-refractivity contribution in [2.24, 2.45) is 11.7 Å². The lowest BCUT2D eigenvalue weighted by Crippen LogP contribution is -2.56. The molecular weight excluding hydrogens is 208 g/mol. The molecule has 1 aliphatic carbocycles. The third-order valence-electron chi connectivity index (χ3n) is 3.05. The Labute approximate surface area is 94.5 Å². The number of nitrogens with one attached hydrogen (secondary N) is 2. The lowest BCUT2D eigenvalue weighted by Gasteiger charge is -2.32. The van der Waals surface area contributed by atoms with E-state index < -0.39 is 0 Å². The molecule has 0 spiro atoms. The van der Waals surface area contributed by atoms with Gasteiger partial charge in [-0.3, -0.25) is 10.2 Å². The predicted molar refractivity (Wildman–Crippen MR) is 57.9 cm³/mol. The minimum absolute atomic E-state index is 0.0929. The summed E-state index contributed by atoms with van der Waals surface area (Å²) in [6, 6.07) is -0.304. The minimum atomic E-state index is -0.304. The van der Waals surface area contributed by atoms with E-state index in [1.54, 1.807) is 4.90 Å². The number of likely N-dealkylation sites (tertiary alicyclic amines) is 1. The molecule has 1 atom stereocenters. The van der Waals surface area contributed by atoms with Crippen molar-refractivity contribution >= 4 is 11.9 Å².